The van der Waals surface area contributed by atoms with Crippen LogP contribution in [0, 0.1) is 10.1 Å². The third-order valence-electron chi connectivity index (χ3n) is 3.77. The Morgan fingerprint density at radius 3 is 2.50 bits per heavy atom. The topological polar surface area (TPSA) is 129 Å². The largest absolute Gasteiger partial charge is 0.484 e. The summed E-state index contributed by atoms with van der Waals surface area (Å²) in [6.45, 7) is -0.305. The number of nitrogens with zero attached hydrogens (tertiary/aromatic N) is 2. The maximum atomic E-state index is 12.5. The van der Waals surface area contributed by atoms with Crippen LogP contribution in [-0.2, 0) is 0 Å². The minimum atomic E-state index is -0.523. The molecule has 2 aromatic carbocycles. The molecular formula is C17H14N4O5. The van der Waals surface area contributed by atoms with Crippen LogP contribution in [0.2, 0.25) is 0 Å². The molecule has 0 spiro atoms. The highest BCUT2D eigenvalue weighted by Gasteiger charge is 2.18. The number of carbonyl (C=O) groups excluding carboxylic acids is 2. The first kappa shape index (κ1) is 17.1. The van der Waals surface area contributed by atoms with Crippen LogP contribution in [-0.4, -0.2) is 27.9 Å². The van der Waals surface area contributed by atoms with E-state index in [9.17, 15) is 19.7 Å². The van der Waals surface area contributed by atoms with Crippen LogP contribution in [0.1, 0.15) is 15.2 Å². The molecule has 0 aliphatic rings. The summed E-state index contributed by atoms with van der Waals surface area (Å²) < 4.78 is 6.69. The maximum Gasteiger partial charge on any atom is 0.269 e. The lowest BCUT2D eigenvalue weighted by Gasteiger charge is -2.07. The van der Waals surface area contributed by atoms with Gasteiger partial charge in [0.2, 0.25) is 0 Å². The summed E-state index contributed by atoms with van der Waals surface area (Å²) in [4.78, 5) is 34.5. The van der Waals surface area contributed by atoms with E-state index in [0.29, 0.717) is 16.7 Å². The Morgan fingerprint density at radius 2 is 1.85 bits per heavy atom. The summed E-state index contributed by atoms with van der Waals surface area (Å²) in [6, 6.07) is 12.3. The lowest BCUT2D eigenvalue weighted by Crippen LogP contribution is -2.29. The number of nitrogens with two attached hydrogens (primary N) is 1. The number of nitro benzene ring substituents is 1. The number of ether oxygens (including phenoxy) is 1. The van der Waals surface area contributed by atoms with Crippen LogP contribution in [0.5, 0.6) is 5.75 Å². The molecule has 0 atom stereocenters. The van der Waals surface area contributed by atoms with Gasteiger partial charge < -0.3 is 4.74 Å². The molecule has 0 radical (unpaired) electrons. The van der Waals surface area contributed by atoms with E-state index in [0.717, 1.165) is 0 Å². The number of aromatic nitrogens is 1. The smallest absolute Gasteiger partial charge is 0.269 e. The van der Waals surface area contributed by atoms with Crippen LogP contribution in [0.15, 0.2) is 54.7 Å². The molecule has 26 heavy (non-hydrogen) atoms. The monoisotopic (exact) mass is 354 g/mol. The molecule has 132 valence electrons. The number of amides is 1. The minimum Gasteiger partial charge on any atom is -0.484 e. The van der Waals surface area contributed by atoms with Gasteiger partial charge in [0, 0.05) is 23.7 Å². The van der Waals surface area contributed by atoms with Gasteiger partial charge in [-0.3, -0.25) is 29.7 Å². The Bertz CT molecular complexity index is 994. The zero-order valence-electron chi connectivity index (χ0n) is 13.4. The Kier molecular flexibility index (Phi) is 4.63. The van der Waals surface area contributed by atoms with Gasteiger partial charge in [-0.2, -0.15) is 0 Å². The summed E-state index contributed by atoms with van der Waals surface area (Å²) in [5, 5.41) is 11.2. The first-order valence-corrected chi connectivity index (χ1v) is 7.52. The maximum absolute atomic E-state index is 12.5. The molecule has 3 N–H and O–H groups in total. The van der Waals surface area contributed by atoms with E-state index in [4.69, 9.17) is 10.6 Å². The van der Waals surface area contributed by atoms with Crippen LogP contribution in [0.3, 0.4) is 0 Å². The van der Waals surface area contributed by atoms with Gasteiger partial charge in [-0.15, -0.1) is 0 Å². The molecule has 0 unspecified atom stereocenters. The summed E-state index contributed by atoms with van der Waals surface area (Å²) in [6.07, 6.45) is 1.40. The SMILES string of the molecule is NNC(=O)c1cn(C(=O)COc2ccc([N+](=O)[O-])cc2)c2ccccc12. The second-order valence-corrected chi connectivity index (χ2v) is 5.34. The highest BCUT2D eigenvalue weighted by molar-refractivity contribution is 6.09. The number of fused-ring (bicyclic) bond motifs is 1. The lowest BCUT2D eigenvalue weighted by atomic mass is 10.2. The van der Waals surface area contributed by atoms with Crippen molar-refractivity contribution in [3.8, 4) is 5.75 Å². The Morgan fingerprint density at radius 1 is 1.15 bits per heavy atom. The molecule has 1 amide bonds. The average Bonchev–Trinajstić information content (AvgIpc) is 3.05. The molecular weight excluding hydrogens is 340 g/mol. The van der Waals surface area contributed by atoms with Crippen LogP contribution >= 0.6 is 0 Å². The van der Waals surface area contributed by atoms with E-state index in [1.165, 1.54) is 35.0 Å². The molecule has 3 aromatic rings. The zero-order chi connectivity index (χ0) is 18.7. The van der Waals surface area contributed by atoms with Crippen LogP contribution < -0.4 is 16.0 Å². The fourth-order valence-corrected chi connectivity index (χ4v) is 2.52. The van der Waals surface area contributed by atoms with Crippen molar-refractivity contribution in [2.45, 2.75) is 0 Å². The van der Waals surface area contributed by atoms with Gasteiger partial charge in [0.1, 0.15) is 5.75 Å². The molecule has 3 rings (SSSR count). The number of hydrogen-bond acceptors (Lipinski definition) is 6. The molecule has 0 saturated carbocycles. The van der Waals surface area contributed by atoms with E-state index in [-0.39, 0.29) is 17.9 Å². The number of benzene rings is 2. The molecule has 0 bridgehead atoms. The van der Waals surface area contributed by atoms with Crippen LogP contribution in [0.4, 0.5) is 5.69 Å². The number of carbonyl (C=O) groups is 2. The standard InChI is InChI=1S/C17H14N4O5/c18-19-17(23)14-9-20(15-4-2-1-3-13(14)15)16(22)10-26-12-7-5-11(6-8-12)21(24)25/h1-9H,10,18H2,(H,19,23). The van der Waals surface area contributed by atoms with Crippen molar-refractivity contribution in [2.75, 3.05) is 6.61 Å². The summed E-state index contributed by atoms with van der Waals surface area (Å²) in [7, 11) is 0. The number of nitro groups is 1. The number of rotatable bonds is 5. The summed E-state index contributed by atoms with van der Waals surface area (Å²) >= 11 is 0. The number of hydrazine groups is 1. The van der Waals surface area contributed by atoms with Gasteiger partial charge in [-0.1, -0.05) is 18.2 Å². The first-order valence-electron chi connectivity index (χ1n) is 7.52. The molecule has 9 nitrogen and oxygen atoms in total. The number of hydrogen-bond donors (Lipinski definition) is 2. The fraction of sp³-hybridized carbons (Fsp3) is 0.0588. The van der Waals surface area contributed by atoms with Gasteiger partial charge in [0.05, 0.1) is 16.0 Å². The molecule has 9 heteroatoms. The Hall–Kier alpha value is -3.72. The van der Waals surface area contributed by atoms with Crippen molar-refractivity contribution in [3.63, 3.8) is 0 Å². The summed E-state index contributed by atoms with van der Waals surface area (Å²) in [5.41, 5.74) is 2.79. The third kappa shape index (κ3) is 3.23. The predicted octanol–water partition coefficient (Wildman–Crippen LogP) is 1.87. The van der Waals surface area contributed by atoms with Gasteiger partial charge in [-0.05, 0) is 18.2 Å². The van der Waals surface area contributed by atoms with Crippen molar-refractivity contribution in [1.82, 2.24) is 9.99 Å². The molecule has 0 fully saturated rings. The van der Waals surface area contributed by atoms with Crippen molar-refractivity contribution in [1.29, 1.82) is 0 Å². The van der Waals surface area contributed by atoms with E-state index in [1.54, 1.807) is 24.3 Å². The molecule has 1 aromatic heterocycles. The van der Waals surface area contributed by atoms with E-state index in [1.807, 2.05) is 5.43 Å². The molecule has 0 aliphatic carbocycles. The Labute approximate surface area is 147 Å². The number of para-hydroxylation sites is 1. The minimum absolute atomic E-state index is 0.0717. The molecule has 1 heterocycles. The van der Waals surface area contributed by atoms with Gasteiger partial charge in [0.15, 0.2) is 6.61 Å². The zero-order valence-corrected chi connectivity index (χ0v) is 13.4. The Balaban J connectivity index is 1.81. The summed E-state index contributed by atoms with van der Waals surface area (Å²) in [5.74, 6) is 4.59. The van der Waals surface area contributed by atoms with Crippen molar-refractivity contribution >= 4 is 28.4 Å². The second kappa shape index (κ2) is 7.03. The lowest BCUT2D eigenvalue weighted by molar-refractivity contribution is -0.384. The van der Waals surface area contributed by atoms with Crippen molar-refractivity contribution in [2.24, 2.45) is 5.84 Å². The van der Waals surface area contributed by atoms with Crippen LogP contribution in [0.25, 0.3) is 10.9 Å². The van der Waals surface area contributed by atoms with Gasteiger partial charge >= 0.3 is 0 Å². The fourth-order valence-electron chi connectivity index (χ4n) is 2.52. The normalized spacial score (nSPS) is 10.5. The van der Waals surface area contributed by atoms with Crippen molar-refractivity contribution < 1.29 is 19.2 Å². The number of nitrogen functional groups attached to an aromatic ring is 1. The predicted molar refractivity (Wildman–Crippen MR) is 92.8 cm³/mol. The molecule has 0 saturated heterocycles. The van der Waals surface area contributed by atoms with Gasteiger partial charge in [-0.25, -0.2) is 5.84 Å². The highest BCUT2D eigenvalue weighted by Crippen LogP contribution is 2.22. The number of non-ortho nitro benzene ring substituents is 1. The third-order valence-corrected chi connectivity index (χ3v) is 3.77. The van der Waals surface area contributed by atoms with Crippen molar-refractivity contribution in [3.05, 3.63) is 70.4 Å². The van der Waals surface area contributed by atoms with E-state index in [2.05, 4.69) is 0 Å². The molecule has 0 aliphatic heterocycles. The first-order chi connectivity index (χ1) is 12.5. The highest BCUT2D eigenvalue weighted by atomic mass is 16.6. The quantitative estimate of drug-likeness (QED) is 0.311. The van der Waals surface area contributed by atoms with Gasteiger partial charge in [0.25, 0.3) is 17.5 Å². The second-order valence-electron chi connectivity index (χ2n) is 5.34. The van der Waals surface area contributed by atoms with E-state index >= 15 is 0 Å². The number of nitrogens with one attached hydrogen (secondary N) is 1. The average molecular weight is 354 g/mol. The van der Waals surface area contributed by atoms with E-state index < -0.39 is 16.7 Å².